The molecule has 1 aromatic rings. The molecule has 0 bridgehead atoms. The van der Waals surface area contributed by atoms with E-state index in [2.05, 4.69) is 21.2 Å². The minimum Gasteiger partial charge on any atom is -0.360 e. The topological polar surface area (TPSA) is 75.5 Å². The molecule has 98 valence electrons. The fourth-order valence-electron chi connectivity index (χ4n) is 1.52. The Bertz CT molecular complexity index is 465. The molecular weight excluding hydrogens is 302 g/mol. The van der Waals surface area contributed by atoms with E-state index >= 15 is 0 Å². The van der Waals surface area contributed by atoms with E-state index in [0.717, 1.165) is 0 Å². The highest BCUT2D eigenvalue weighted by molar-refractivity contribution is 9.10. The molecule has 0 unspecified atom stereocenters. The summed E-state index contributed by atoms with van der Waals surface area (Å²) in [5.41, 5.74) is 0.380. The van der Waals surface area contributed by atoms with Gasteiger partial charge in [-0.25, -0.2) is 0 Å². The van der Waals surface area contributed by atoms with Gasteiger partial charge in [-0.05, 0) is 19.1 Å². The van der Waals surface area contributed by atoms with E-state index in [1.165, 1.54) is 6.07 Å². The third-order valence-corrected chi connectivity index (χ3v) is 2.79. The van der Waals surface area contributed by atoms with Crippen molar-refractivity contribution in [2.24, 2.45) is 0 Å². The Morgan fingerprint density at radius 1 is 1.56 bits per heavy atom. The largest absolute Gasteiger partial charge is 0.360 e. The van der Waals surface area contributed by atoms with E-state index in [4.69, 9.17) is 0 Å². The fourth-order valence-corrected chi connectivity index (χ4v) is 1.87. The van der Waals surface area contributed by atoms with Crippen molar-refractivity contribution in [3.63, 3.8) is 0 Å². The SMILES string of the molecule is CCNC(=O)CN(C)c1ccc(Br)cc1[N+](=O)[O-]. The van der Waals surface area contributed by atoms with Crippen LogP contribution in [0.2, 0.25) is 0 Å². The molecule has 1 amide bonds. The van der Waals surface area contributed by atoms with E-state index in [1.807, 2.05) is 6.92 Å². The van der Waals surface area contributed by atoms with Crippen LogP contribution in [0.5, 0.6) is 0 Å². The van der Waals surface area contributed by atoms with Crippen LogP contribution in [0.15, 0.2) is 22.7 Å². The van der Waals surface area contributed by atoms with Gasteiger partial charge in [-0.1, -0.05) is 15.9 Å². The van der Waals surface area contributed by atoms with E-state index in [9.17, 15) is 14.9 Å². The lowest BCUT2D eigenvalue weighted by Crippen LogP contribution is -2.35. The van der Waals surface area contributed by atoms with Crippen LogP contribution in [0, 0.1) is 10.1 Å². The summed E-state index contributed by atoms with van der Waals surface area (Å²) in [4.78, 5) is 23.5. The molecule has 1 aromatic carbocycles. The molecule has 18 heavy (non-hydrogen) atoms. The van der Waals surface area contributed by atoms with Gasteiger partial charge in [0.25, 0.3) is 5.69 Å². The van der Waals surface area contributed by atoms with Crippen molar-refractivity contribution < 1.29 is 9.72 Å². The second kappa shape index (κ2) is 6.34. The number of nitrogens with one attached hydrogen (secondary N) is 1. The van der Waals surface area contributed by atoms with E-state index < -0.39 is 4.92 Å². The maximum Gasteiger partial charge on any atom is 0.293 e. The van der Waals surface area contributed by atoms with Gasteiger partial charge in [-0.15, -0.1) is 0 Å². The first-order valence-corrected chi connectivity index (χ1v) is 6.16. The Kier molecular flexibility index (Phi) is 5.08. The molecule has 0 saturated heterocycles. The lowest BCUT2D eigenvalue weighted by atomic mass is 10.2. The summed E-state index contributed by atoms with van der Waals surface area (Å²) in [6.45, 7) is 2.44. The van der Waals surface area contributed by atoms with Gasteiger partial charge in [-0.2, -0.15) is 0 Å². The number of carbonyl (C=O) groups is 1. The monoisotopic (exact) mass is 315 g/mol. The maximum atomic E-state index is 11.4. The normalized spacial score (nSPS) is 9.94. The number of hydrogen-bond donors (Lipinski definition) is 1. The highest BCUT2D eigenvalue weighted by atomic mass is 79.9. The second-order valence-electron chi connectivity index (χ2n) is 3.70. The van der Waals surface area contributed by atoms with Gasteiger partial charge in [0.1, 0.15) is 5.69 Å². The molecule has 0 aromatic heterocycles. The molecular formula is C11H14BrN3O3. The first-order chi connectivity index (χ1) is 8.45. The number of hydrogen-bond acceptors (Lipinski definition) is 4. The summed E-state index contributed by atoms with van der Waals surface area (Å²) < 4.78 is 0.629. The maximum absolute atomic E-state index is 11.4. The van der Waals surface area contributed by atoms with Gasteiger partial charge in [0.05, 0.1) is 11.5 Å². The molecule has 1 N–H and O–H groups in total. The average molecular weight is 316 g/mol. The predicted molar refractivity (Wildman–Crippen MR) is 72.8 cm³/mol. The van der Waals surface area contributed by atoms with Crippen molar-refractivity contribution in [3.8, 4) is 0 Å². The van der Waals surface area contributed by atoms with Crippen molar-refractivity contribution >= 4 is 33.2 Å². The van der Waals surface area contributed by atoms with Crippen LogP contribution in [-0.4, -0.2) is 31.0 Å². The van der Waals surface area contributed by atoms with Gasteiger partial charge in [0.15, 0.2) is 0 Å². The minimum absolute atomic E-state index is 0.0313. The number of nitro benzene ring substituents is 1. The van der Waals surface area contributed by atoms with Gasteiger partial charge in [0.2, 0.25) is 5.91 Å². The third kappa shape index (κ3) is 3.69. The molecule has 0 saturated carbocycles. The van der Waals surface area contributed by atoms with Crippen LogP contribution < -0.4 is 10.2 Å². The smallest absolute Gasteiger partial charge is 0.293 e. The Hall–Kier alpha value is -1.63. The second-order valence-corrected chi connectivity index (χ2v) is 4.62. The zero-order chi connectivity index (χ0) is 13.7. The summed E-state index contributed by atoms with van der Waals surface area (Å²) in [6.07, 6.45) is 0. The number of benzene rings is 1. The Balaban J connectivity index is 2.94. The molecule has 0 spiro atoms. The summed E-state index contributed by atoms with van der Waals surface area (Å²) in [6, 6.07) is 4.74. The summed E-state index contributed by atoms with van der Waals surface area (Å²) in [7, 11) is 1.64. The first kappa shape index (κ1) is 14.4. The highest BCUT2D eigenvalue weighted by Gasteiger charge is 2.18. The zero-order valence-electron chi connectivity index (χ0n) is 10.1. The average Bonchev–Trinajstić information content (AvgIpc) is 2.28. The molecule has 0 aliphatic heterocycles. The standard InChI is InChI=1S/C11H14BrN3O3/c1-3-13-11(16)7-14(2)9-5-4-8(12)6-10(9)15(17)18/h4-6H,3,7H2,1-2H3,(H,13,16). The molecule has 0 fully saturated rings. The van der Waals surface area contributed by atoms with Gasteiger partial charge in [0, 0.05) is 24.1 Å². The van der Waals surface area contributed by atoms with Gasteiger partial charge in [-0.3, -0.25) is 14.9 Å². The summed E-state index contributed by atoms with van der Waals surface area (Å²) >= 11 is 3.19. The number of likely N-dealkylation sites (N-methyl/N-ethyl adjacent to an activating group) is 2. The molecule has 0 heterocycles. The molecule has 0 radical (unpaired) electrons. The van der Waals surface area contributed by atoms with Crippen molar-refractivity contribution in [1.29, 1.82) is 0 Å². The Morgan fingerprint density at radius 3 is 2.78 bits per heavy atom. The van der Waals surface area contributed by atoms with E-state index in [1.54, 1.807) is 24.1 Å². The van der Waals surface area contributed by atoms with E-state index in [-0.39, 0.29) is 18.1 Å². The minimum atomic E-state index is -0.464. The number of anilines is 1. The fraction of sp³-hybridized carbons (Fsp3) is 0.364. The molecule has 7 heteroatoms. The van der Waals surface area contributed by atoms with Crippen LogP contribution >= 0.6 is 15.9 Å². The van der Waals surface area contributed by atoms with Crippen LogP contribution in [-0.2, 0) is 4.79 Å². The van der Waals surface area contributed by atoms with Crippen LogP contribution in [0.25, 0.3) is 0 Å². The van der Waals surface area contributed by atoms with Crippen LogP contribution in [0.4, 0.5) is 11.4 Å². The van der Waals surface area contributed by atoms with Gasteiger partial charge < -0.3 is 10.2 Å². The van der Waals surface area contributed by atoms with E-state index in [0.29, 0.717) is 16.7 Å². The highest BCUT2D eigenvalue weighted by Crippen LogP contribution is 2.30. The zero-order valence-corrected chi connectivity index (χ0v) is 11.7. The van der Waals surface area contributed by atoms with Crippen molar-refractivity contribution in [3.05, 3.63) is 32.8 Å². The van der Waals surface area contributed by atoms with Crippen molar-refractivity contribution in [1.82, 2.24) is 5.32 Å². The Morgan fingerprint density at radius 2 is 2.22 bits per heavy atom. The summed E-state index contributed by atoms with van der Waals surface area (Å²) in [5, 5.41) is 13.6. The van der Waals surface area contributed by atoms with Crippen molar-refractivity contribution in [2.45, 2.75) is 6.92 Å². The van der Waals surface area contributed by atoms with Crippen LogP contribution in [0.3, 0.4) is 0 Å². The number of amides is 1. The molecule has 0 aliphatic carbocycles. The first-order valence-electron chi connectivity index (χ1n) is 5.37. The molecule has 0 atom stereocenters. The number of halogens is 1. The van der Waals surface area contributed by atoms with Gasteiger partial charge >= 0.3 is 0 Å². The molecule has 1 rings (SSSR count). The molecule has 0 aliphatic rings. The van der Waals surface area contributed by atoms with Crippen LogP contribution in [0.1, 0.15) is 6.92 Å². The Labute approximate surface area is 113 Å². The number of rotatable bonds is 5. The number of nitrogens with zero attached hydrogens (tertiary/aromatic N) is 2. The summed E-state index contributed by atoms with van der Waals surface area (Å²) in [5.74, 6) is -0.169. The predicted octanol–water partition coefficient (Wildman–Crippen LogP) is 1.93. The quantitative estimate of drug-likeness (QED) is 0.665. The number of nitro groups is 1. The number of carbonyl (C=O) groups excluding carboxylic acids is 1. The lowest BCUT2D eigenvalue weighted by molar-refractivity contribution is -0.384. The molecule has 6 nitrogen and oxygen atoms in total. The third-order valence-electron chi connectivity index (χ3n) is 2.30. The van der Waals surface area contributed by atoms with Crippen molar-refractivity contribution in [2.75, 3.05) is 25.0 Å². The lowest BCUT2D eigenvalue weighted by Gasteiger charge is -2.18.